The molecule has 0 amide bonds. The van der Waals surface area contributed by atoms with Crippen molar-refractivity contribution in [1.82, 2.24) is 4.98 Å². The Labute approximate surface area is 52.5 Å². The highest BCUT2D eigenvalue weighted by atomic mass is 16.3. The third-order valence-electron chi connectivity index (χ3n) is 0.898. The summed E-state index contributed by atoms with van der Waals surface area (Å²) in [5, 5.41) is 16.9. The Kier molecular flexibility index (Phi) is 1.44. The molecule has 46 valence electrons. The first-order valence-corrected chi connectivity index (χ1v) is 2.47. The number of rotatable bonds is 1. The first kappa shape index (κ1) is 5.75. The topological polar surface area (TPSA) is 59.8 Å². The van der Waals surface area contributed by atoms with Gasteiger partial charge in [0.25, 0.3) is 0 Å². The molecular formula is C6H5N2O-. The number of hydrogen-bond donors (Lipinski definition) is 1. The third-order valence-corrected chi connectivity index (χ3v) is 0.898. The summed E-state index contributed by atoms with van der Waals surface area (Å²) < 4.78 is 0. The van der Waals surface area contributed by atoms with Crippen LogP contribution in [0.3, 0.4) is 0 Å². The van der Waals surface area contributed by atoms with E-state index in [-0.39, 0.29) is 5.69 Å². The van der Waals surface area contributed by atoms with Crippen molar-refractivity contribution in [1.29, 1.82) is 5.41 Å². The van der Waals surface area contributed by atoms with Crippen LogP contribution in [0, 0.1) is 5.41 Å². The van der Waals surface area contributed by atoms with Gasteiger partial charge in [-0.3, -0.25) is 4.98 Å². The zero-order valence-electron chi connectivity index (χ0n) is 4.66. The van der Waals surface area contributed by atoms with E-state index in [0.29, 0.717) is 0 Å². The lowest BCUT2D eigenvalue weighted by Gasteiger charge is -2.03. The van der Waals surface area contributed by atoms with Crippen molar-refractivity contribution < 1.29 is 5.11 Å². The summed E-state index contributed by atoms with van der Waals surface area (Å²) in [5.41, 5.74) is 0.192. The first-order valence-electron chi connectivity index (χ1n) is 2.47. The molecule has 1 aromatic heterocycles. The van der Waals surface area contributed by atoms with E-state index in [0.717, 1.165) is 0 Å². The van der Waals surface area contributed by atoms with E-state index in [2.05, 4.69) is 4.98 Å². The highest BCUT2D eigenvalue weighted by Crippen LogP contribution is 1.88. The number of aromatic nitrogens is 1. The van der Waals surface area contributed by atoms with Crippen molar-refractivity contribution >= 4 is 5.90 Å². The minimum absolute atomic E-state index is 0.192. The molecule has 0 aliphatic carbocycles. The Morgan fingerprint density at radius 3 is 2.67 bits per heavy atom. The van der Waals surface area contributed by atoms with E-state index < -0.39 is 5.90 Å². The zero-order chi connectivity index (χ0) is 6.69. The number of pyridine rings is 1. The minimum atomic E-state index is -0.740. The van der Waals surface area contributed by atoms with Gasteiger partial charge in [0.2, 0.25) is 0 Å². The van der Waals surface area contributed by atoms with Gasteiger partial charge in [-0.1, -0.05) is 6.07 Å². The second-order valence-corrected chi connectivity index (χ2v) is 1.54. The van der Waals surface area contributed by atoms with Crippen LogP contribution in [0.4, 0.5) is 0 Å². The Balaban J connectivity index is 2.98. The molecule has 0 atom stereocenters. The second kappa shape index (κ2) is 2.26. The molecule has 9 heavy (non-hydrogen) atoms. The van der Waals surface area contributed by atoms with Crippen LogP contribution in [0.25, 0.3) is 0 Å². The fourth-order valence-electron chi connectivity index (χ4n) is 0.497. The lowest BCUT2D eigenvalue weighted by Crippen LogP contribution is -2.17. The van der Waals surface area contributed by atoms with Crippen LogP contribution in [-0.2, 0) is 0 Å². The Bertz CT molecular complexity index is 208. The molecule has 0 unspecified atom stereocenters. The van der Waals surface area contributed by atoms with E-state index >= 15 is 0 Å². The summed E-state index contributed by atoms with van der Waals surface area (Å²) in [6.07, 6.45) is 1.49. The van der Waals surface area contributed by atoms with Gasteiger partial charge in [-0.25, -0.2) is 0 Å². The summed E-state index contributed by atoms with van der Waals surface area (Å²) in [7, 11) is 0. The van der Waals surface area contributed by atoms with Gasteiger partial charge < -0.3 is 10.5 Å². The van der Waals surface area contributed by atoms with Crippen LogP contribution >= 0.6 is 0 Å². The Morgan fingerprint density at radius 1 is 1.56 bits per heavy atom. The van der Waals surface area contributed by atoms with Gasteiger partial charge in [-0.05, 0) is 12.1 Å². The smallest absolute Gasteiger partial charge is 0.0730 e. The average molecular weight is 121 g/mol. The summed E-state index contributed by atoms with van der Waals surface area (Å²) in [4.78, 5) is 3.64. The molecule has 1 heterocycles. The Morgan fingerprint density at radius 2 is 2.33 bits per heavy atom. The zero-order valence-corrected chi connectivity index (χ0v) is 4.66. The van der Waals surface area contributed by atoms with Gasteiger partial charge in [0.1, 0.15) is 0 Å². The molecule has 0 bridgehead atoms. The highest BCUT2D eigenvalue weighted by molar-refractivity contribution is 5.85. The van der Waals surface area contributed by atoms with Crippen LogP contribution in [0.1, 0.15) is 5.69 Å². The molecule has 0 fully saturated rings. The summed E-state index contributed by atoms with van der Waals surface area (Å²) in [6.45, 7) is 0. The normalized spacial score (nSPS) is 8.89. The maximum absolute atomic E-state index is 10.2. The number of nitrogens with zero attached hydrogens (tertiary/aromatic N) is 1. The maximum Gasteiger partial charge on any atom is 0.0730 e. The van der Waals surface area contributed by atoms with E-state index in [4.69, 9.17) is 5.41 Å². The molecule has 0 spiro atoms. The standard InChI is InChI=1S/C6H6N2O/c7-6(9)5-3-1-2-4-8-5/h1-4H,(H2,7,9)/p-1. The predicted molar refractivity (Wildman–Crippen MR) is 31.1 cm³/mol. The van der Waals surface area contributed by atoms with Crippen LogP contribution in [0.5, 0.6) is 0 Å². The van der Waals surface area contributed by atoms with Gasteiger partial charge in [0.05, 0.1) is 5.69 Å². The van der Waals surface area contributed by atoms with Gasteiger partial charge in [-0.15, -0.1) is 0 Å². The largest absolute Gasteiger partial charge is 0.858 e. The molecular weight excluding hydrogens is 116 g/mol. The summed E-state index contributed by atoms with van der Waals surface area (Å²) >= 11 is 0. The van der Waals surface area contributed by atoms with E-state index in [9.17, 15) is 5.11 Å². The van der Waals surface area contributed by atoms with Gasteiger partial charge in [0, 0.05) is 12.1 Å². The molecule has 1 aromatic rings. The molecule has 1 N–H and O–H groups in total. The van der Waals surface area contributed by atoms with Gasteiger partial charge >= 0.3 is 0 Å². The van der Waals surface area contributed by atoms with Crippen molar-refractivity contribution in [3.05, 3.63) is 30.1 Å². The molecule has 0 saturated carbocycles. The van der Waals surface area contributed by atoms with E-state index in [1.165, 1.54) is 12.3 Å². The lowest BCUT2D eigenvalue weighted by molar-refractivity contribution is -0.214. The van der Waals surface area contributed by atoms with Gasteiger partial charge in [-0.2, -0.15) is 0 Å². The van der Waals surface area contributed by atoms with Crippen LogP contribution < -0.4 is 5.11 Å². The van der Waals surface area contributed by atoms with Gasteiger partial charge in [0.15, 0.2) is 0 Å². The molecule has 0 aliphatic heterocycles. The van der Waals surface area contributed by atoms with Crippen molar-refractivity contribution in [2.75, 3.05) is 0 Å². The van der Waals surface area contributed by atoms with Crippen molar-refractivity contribution in [2.45, 2.75) is 0 Å². The van der Waals surface area contributed by atoms with Crippen molar-refractivity contribution in [3.8, 4) is 0 Å². The SMILES string of the molecule is N=C([O-])c1ccccn1. The number of nitrogens with one attached hydrogen (secondary N) is 1. The predicted octanol–water partition coefficient (Wildman–Crippen LogP) is -0.233. The fraction of sp³-hybridized carbons (Fsp3) is 0. The molecule has 0 radical (unpaired) electrons. The maximum atomic E-state index is 10.2. The molecule has 3 heteroatoms. The van der Waals surface area contributed by atoms with Crippen LogP contribution in [-0.4, -0.2) is 10.9 Å². The van der Waals surface area contributed by atoms with E-state index in [1.54, 1.807) is 12.1 Å². The van der Waals surface area contributed by atoms with Crippen molar-refractivity contribution in [2.24, 2.45) is 0 Å². The third kappa shape index (κ3) is 1.25. The minimum Gasteiger partial charge on any atom is -0.858 e. The van der Waals surface area contributed by atoms with Crippen LogP contribution in [0.15, 0.2) is 24.4 Å². The van der Waals surface area contributed by atoms with Crippen molar-refractivity contribution in [3.63, 3.8) is 0 Å². The quantitative estimate of drug-likeness (QED) is 0.412. The Hall–Kier alpha value is -1.38. The number of hydrogen-bond acceptors (Lipinski definition) is 3. The first-order chi connectivity index (χ1) is 4.30. The fourth-order valence-corrected chi connectivity index (χ4v) is 0.497. The second-order valence-electron chi connectivity index (χ2n) is 1.54. The molecule has 0 saturated heterocycles. The highest BCUT2D eigenvalue weighted by Gasteiger charge is 1.84. The molecule has 0 aromatic carbocycles. The average Bonchev–Trinajstić information content (AvgIpc) is 1.90. The van der Waals surface area contributed by atoms with E-state index in [1.807, 2.05) is 0 Å². The summed E-state index contributed by atoms with van der Waals surface area (Å²) in [5.74, 6) is -0.740. The van der Waals surface area contributed by atoms with Crippen LogP contribution in [0.2, 0.25) is 0 Å². The monoisotopic (exact) mass is 121 g/mol. The lowest BCUT2D eigenvalue weighted by atomic mass is 10.3. The molecule has 1 rings (SSSR count). The molecule has 0 aliphatic rings. The summed E-state index contributed by atoms with van der Waals surface area (Å²) in [6, 6.07) is 4.89. The molecule has 3 nitrogen and oxygen atoms in total.